The molecule has 0 aromatic carbocycles. The molecule has 1 heterocycles. The number of amides is 1. The fourth-order valence-electron chi connectivity index (χ4n) is 0.985. The van der Waals surface area contributed by atoms with Crippen LogP contribution in [0.2, 0.25) is 5.02 Å². The number of rotatable bonds is 5. The van der Waals surface area contributed by atoms with Gasteiger partial charge in [0.1, 0.15) is 5.25 Å². The Labute approximate surface area is 103 Å². The second-order valence-corrected chi connectivity index (χ2v) is 4.54. The molecule has 1 rings (SSSR count). The van der Waals surface area contributed by atoms with E-state index in [0.717, 1.165) is 0 Å². The minimum absolute atomic E-state index is 0.262. The lowest BCUT2D eigenvalue weighted by molar-refractivity contribution is -0.121. The summed E-state index contributed by atoms with van der Waals surface area (Å²) >= 11 is 6.97. The molecule has 1 aromatic heterocycles. The zero-order valence-electron chi connectivity index (χ0n) is 8.64. The Morgan fingerprint density at radius 3 is 3.00 bits per heavy atom. The molecule has 0 saturated heterocycles. The van der Waals surface area contributed by atoms with Gasteiger partial charge < -0.3 is 4.74 Å². The number of thioether (sulfide) groups is 1. The Kier molecular flexibility index (Phi) is 5.54. The van der Waals surface area contributed by atoms with Crippen molar-refractivity contribution in [2.45, 2.75) is 10.3 Å². The summed E-state index contributed by atoms with van der Waals surface area (Å²) < 4.78 is 4.93. The minimum Gasteiger partial charge on any atom is -0.383 e. The molecule has 1 atom stereocenters. The highest BCUT2D eigenvalue weighted by Gasteiger charge is 2.19. The van der Waals surface area contributed by atoms with Gasteiger partial charge in [0, 0.05) is 13.3 Å². The maximum absolute atomic E-state index is 11.4. The van der Waals surface area contributed by atoms with Crippen molar-refractivity contribution in [3.05, 3.63) is 23.4 Å². The maximum atomic E-state index is 11.4. The van der Waals surface area contributed by atoms with Crippen LogP contribution in [0.1, 0.15) is 0 Å². The van der Waals surface area contributed by atoms with Gasteiger partial charge >= 0.3 is 0 Å². The summed E-state index contributed by atoms with van der Waals surface area (Å²) in [5.74, 6) is 4.77. The van der Waals surface area contributed by atoms with E-state index in [4.69, 9.17) is 22.2 Å². The van der Waals surface area contributed by atoms with Gasteiger partial charge in [-0.2, -0.15) is 0 Å². The van der Waals surface area contributed by atoms with Gasteiger partial charge in [0.05, 0.1) is 16.7 Å². The van der Waals surface area contributed by atoms with E-state index in [0.29, 0.717) is 10.0 Å². The average Bonchev–Trinajstić information content (AvgIpc) is 2.30. The normalized spacial score (nSPS) is 12.2. The highest BCUT2D eigenvalue weighted by atomic mass is 35.5. The standard InChI is InChI=1S/C9H12ClN3O2S/c1-15-5-7(9(14)13-11)16-8-3-2-6(10)4-12-8/h2-4,7H,5,11H2,1H3,(H,13,14). The first kappa shape index (κ1) is 13.2. The van der Waals surface area contributed by atoms with E-state index in [2.05, 4.69) is 10.4 Å². The monoisotopic (exact) mass is 261 g/mol. The molecule has 0 spiro atoms. The predicted octanol–water partition coefficient (Wildman–Crippen LogP) is 0.832. The van der Waals surface area contributed by atoms with Crippen molar-refractivity contribution in [3.8, 4) is 0 Å². The first-order valence-electron chi connectivity index (χ1n) is 4.45. The highest BCUT2D eigenvalue weighted by molar-refractivity contribution is 8.00. The number of ether oxygens (including phenoxy) is 1. The van der Waals surface area contributed by atoms with Crippen molar-refractivity contribution in [2.75, 3.05) is 13.7 Å². The van der Waals surface area contributed by atoms with Crippen LogP contribution in [0.15, 0.2) is 23.4 Å². The summed E-state index contributed by atoms with van der Waals surface area (Å²) in [6, 6.07) is 3.44. The molecule has 5 nitrogen and oxygen atoms in total. The summed E-state index contributed by atoms with van der Waals surface area (Å²) in [6.07, 6.45) is 1.52. The number of pyridine rings is 1. The molecule has 0 aliphatic carbocycles. The van der Waals surface area contributed by atoms with E-state index in [1.54, 1.807) is 12.1 Å². The van der Waals surface area contributed by atoms with E-state index in [-0.39, 0.29) is 12.5 Å². The molecule has 16 heavy (non-hydrogen) atoms. The molecule has 88 valence electrons. The van der Waals surface area contributed by atoms with E-state index in [1.807, 2.05) is 0 Å². The van der Waals surface area contributed by atoms with E-state index < -0.39 is 5.25 Å². The number of aromatic nitrogens is 1. The summed E-state index contributed by atoms with van der Waals surface area (Å²) in [4.78, 5) is 15.5. The van der Waals surface area contributed by atoms with Crippen LogP contribution in [0, 0.1) is 0 Å². The Morgan fingerprint density at radius 2 is 2.50 bits per heavy atom. The third kappa shape index (κ3) is 3.97. The van der Waals surface area contributed by atoms with Crippen molar-refractivity contribution in [1.82, 2.24) is 10.4 Å². The van der Waals surface area contributed by atoms with Gasteiger partial charge in [-0.05, 0) is 12.1 Å². The molecule has 1 amide bonds. The molecule has 0 bridgehead atoms. The van der Waals surface area contributed by atoms with Crippen LogP contribution >= 0.6 is 23.4 Å². The van der Waals surface area contributed by atoms with Crippen LogP contribution in [0.4, 0.5) is 0 Å². The van der Waals surface area contributed by atoms with E-state index >= 15 is 0 Å². The second kappa shape index (κ2) is 6.70. The van der Waals surface area contributed by atoms with Gasteiger partial charge in [0.15, 0.2) is 0 Å². The number of methoxy groups -OCH3 is 1. The van der Waals surface area contributed by atoms with Gasteiger partial charge in [-0.25, -0.2) is 10.8 Å². The fourth-order valence-corrected chi connectivity index (χ4v) is 2.03. The summed E-state index contributed by atoms with van der Waals surface area (Å²) in [6.45, 7) is 0.262. The van der Waals surface area contributed by atoms with Crippen molar-refractivity contribution in [1.29, 1.82) is 0 Å². The van der Waals surface area contributed by atoms with Crippen molar-refractivity contribution in [3.63, 3.8) is 0 Å². The SMILES string of the molecule is COCC(Sc1ccc(Cl)cn1)C(=O)NN. The lowest BCUT2D eigenvalue weighted by Gasteiger charge is -2.12. The van der Waals surface area contributed by atoms with Gasteiger partial charge in [-0.15, -0.1) is 0 Å². The molecule has 1 unspecified atom stereocenters. The first-order chi connectivity index (χ1) is 7.67. The van der Waals surface area contributed by atoms with Gasteiger partial charge in [-0.1, -0.05) is 23.4 Å². The summed E-state index contributed by atoms with van der Waals surface area (Å²) in [5.41, 5.74) is 2.09. The van der Waals surface area contributed by atoms with E-state index in [9.17, 15) is 4.79 Å². The van der Waals surface area contributed by atoms with Crippen LogP contribution in [0.5, 0.6) is 0 Å². The Hall–Kier alpha value is -0.820. The number of nitrogens with one attached hydrogen (secondary N) is 1. The van der Waals surface area contributed by atoms with Crippen LogP contribution in [0.25, 0.3) is 0 Å². The lowest BCUT2D eigenvalue weighted by atomic mass is 10.4. The van der Waals surface area contributed by atoms with Crippen molar-refractivity contribution < 1.29 is 9.53 Å². The summed E-state index contributed by atoms with van der Waals surface area (Å²) in [5, 5.41) is 0.814. The molecule has 0 aliphatic rings. The molecule has 0 radical (unpaired) electrons. The molecule has 1 aromatic rings. The average molecular weight is 262 g/mol. The number of nitrogens with two attached hydrogens (primary N) is 1. The zero-order valence-corrected chi connectivity index (χ0v) is 10.2. The van der Waals surface area contributed by atoms with Gasteiger partial charge in [-0.3, -0.25) is 10.2 Å². The third-order valence-corrected chi connectivity index (χ3v) is 3.06. The molecule has 0 saturated carbocycles. The third-order valence-electron chi connectivity index (χ3n) is 1.72. The van der Waals surface area contributed by atoms with Crippen LogP contribution < -0.4 is 11.3 Å². The molecular weight excluding hydrogens is 250 g/mol. The van der Waals surface area contributed by atoms with Gasteiger partial charge in [0.25, 0.3) is 0 Å². The van der Waals surface area contributed by atoms with Crippen molar-refractivity contribution >= 4 is 29.3 Å². The topological polar surface area (TPSA) is 77.2 Å². The number of nitrogens with zero attached hydrogens (tertiary/aromatic N) is 1. The number of hydrazine groups is 1. The maximum Gasteiger partial charge on any atom is 0.249 e. The molecule has 7 heteroatoms. The zero-order chi connectivity index (χ0) is 12.0. The Bertz CT molecular complexity index is 347. The molecule has 0 fully saturated rings. The second-order valence-electron chi connectivity index (χ2n) is 2.89. The molecule has 0 aliphatic heterocycles. The number of halogens is 1. The number of hydrogen-bond donors (Lipinski definition) is 2. The van der Waals surface area contributed by atoms with Crippen LogP contribution in [-0.4, -0.2) is 29.9 Å². The minimum atomic E-state index is -0.427. The smallest absolute Gasteiger partial charge is 0.249 e. The number of hydrogen-bond acceptors (Lipinski definition) is 5. The highest BCUT2D eigenvalue weighted by Crippen LogP contribution is 2.22. The van der Waals surface area contributed by atoms with Crippen molar-refractivity contribution in [2.24, 2.45) is 5.84 Å². The summed E-state index contributed by atoms with van der Waals surface area (Å²) in [7, 11) is 1.52. The fraction of sp³-hybridized carbons (Fsp3) is 0.333. The largest absolute Gasteiger partial charge is 0.383 e. The Morgan fingerprint density at radius 1 is 1.75 bits per heavy atom. The predicted molar refractivity (Wildman–Crippen MR) is 63.1 cm³/mol. The number of carbonyl (C=O) groups excluding carboxylic acids is 1. The van der Waals surface area contributed by atoms with E-state index in [1.165, 1.54) is 25.1 Å². The Balaban J connectivity index is 2.67. The van der Waals surface area contributed by atoms with Gasteiger partial charge in [0.2, 0.25) is 5.91 Å². The quantitative estimate of drug-likeness (QED) is 0.355. The first-order valence-corrected chi connectivity index (χ1v) is 5.70. The lowest BCUT2D eigenvalue weighted by Crippen LogP contribution is -2.39. The van der Waals surface area contributed by atoms with Crippen LogP contribution in [0.3, 0.4) is 0 Å². The molecular formula is C9H12ClN3O2S. The van der Waals surface area contributed by atoms with Crippen LogP contribution in [-0.2, 0) is 9.53 Å². The number of carbonyl (C=O) groups is 1. The molecule has 3 N–H and O–H groups in total.